The molecule has 4 rings (SSSR count). The van der Waals surface area contributed by atoms with Crippen molar-refractivity contribution in [3.05, 3.63) is 53.8 Å². The Balaban J connectivity index is 1.48. The quantitative estimate of drug-likeness (QED) is 0.698. The minimum absolute atomic E-state index is 0.500. The minimum Gasteiger partial charge on any atom is -0.339 e. The summed E-state index contributed by atoms with van der Waals surface area (Å²) in [6, 6.07) is 10.3. The van der Waals surface area contributed by atoms with Crippen molar-refractivity contribution < 1.29 is 4.52 Å². The lowest BCUT2D eigenvalue weighted by Crippen LogP contribution is -2.18. The predicted octanol–water partition coefficient (Wildman–Crippen LogP) is 2.98. The van der Waals surface area contributed by atoms with Crippen molar-refractivity contribution in [3.8, 4) is 11.3 Å². The molecule has 0 unspecified atom stereocenters. The molecule has 2 aromatic heterocycles. The summed E-state index contributed by atoms with van der Waals surface area (Å²) in [6.45, 7) is 1.45. The average molecular weight is 323 g/mol. The van der Waals surface area contributed by atoms with E-state index in [1.54, 1.807) is 0 Å². The first kappa shape index (κ1) is 15.1. The van der Waals surface area contributed by atoms with E-state index in [2.05, 4.69) is 45.5 Å². The zero-order valence-electron chi connectivity index (χ0n) is 14.0. The van der Waals surface area contributed by atoms with Gasteiger partial charge in [-0.25, -0.2) is 0 Å². The fourth-order valence-electron chi connectivity index (χ4n) is 2.91. The molecule has 1 aromatic carbocycles. The van der Waals surface area contributed by atoms with Crippen molar-refractivity contribution in [3.63, 3.8) is 0 Å². The topological polar surface area (TPSA) is 60.0 Å². The van der Waals surface area contributed by atoms with Crippen LogP contribution in [0.1, 0.15) is 36.0 Å². The Hall–Kier alpha value is -2.47. The van der Waals surface area contributed by atoms with Crippen LogP contribution in [0.25, 0.3) is 11.3 Å². The lowest BCUT2D eigenvalue weighted by Gasteiger charge is -2.14. The van der Waals surface area contributed by atoms with E-state index in [0.29, 0.717) is 12.5 Å². The van der Waals surface area contributed by atoms with E-state index in [-0.39, 0.29) is 0 Å². The highest BCUT2D eigenvalue weighted by Gasteiger charge is 2.29. The summed E-state index contributed by atoms with van der Waals surface area (Å²) >= 11 is 0. The van der Waals surface area contributed by atoms with Gasteiger partial charge in [0.1, 0.15) is 0 Å². The Kier molecular flexibility index (Phi) is 3.90. The molecule has 2 heterocycles. The molecule has 6 heteroatoms. The second-order valence-electron chi connectivity index (χ2n) is 6.54. The number of aryl methyl sites for hydroxylation is 1. The van der Waals surface area contributed by atoms with Gasteiger partial charge in [0.15, 0.2) is 5.82 Å². The van der Waals surface area contributed by atoms with E-state index in [4.69, 9.17) is 4.52 Å². The number of hydrogen-bond acceptors (Lipinski definition) is 5. The normalized spacial score (nSPS) is 14.5. The third-order valence-electron chi connectivity index (χ3n) is 4.21. The Morgan fingerprint density at radius 2 is 2.00 bits per heavy atom. The Bertz CT molecular complexity index is 819. The number of rotatable bonds is 6. The molecule has 0 amide bonds. The lowest BCUT2D eigenvalue weighted by atomic mass is 10.1. The average Bonchev–Trinajstić information content (AvgIpc) is 3.22. The van der Waals surface area contributed by atoms with Gasteiger partial charge in [-0.3, -0.25) is 9.58 Å². The van der Waals surface area contributed by atoms with Crippen molar-refractivity contribution in [1.29, 1.82) is 0 Å². The molecule has 0 atom stereocenters. The maximum absolute atomic E-state index is 5.33. The maximum Gasteiger partial charge on any atom is 0.229 e. The third-order valence-corrected chi connectivity index (χ3v) is 4.21. The zero-order valence-corrected chi connectivity index (χ0v) is 14.0. The van der Waals surface area contributed by atoms with Gasteiger partial charge < -0.3 is 4.52 Å². The molecule has 1 fully saturated rings. The standard InChI is InChI=1S/C18H21N5O/c1-22(12-16-19-18(24-21-16)14-8-9-14)10-15-11-23(2)20-17(15)13-6-4-3-5-7-13/h3-7,11,14H,8-10,12H2,1-2H3. The molecular weight excluding hydrogens is 302 g/mol. The first-order valence-electron chi connectivity index (χ1n) is 8.28. The second-order valence-corrected chi connectivity index (χ2v) is 6.54. The maximum atomic E-state index is 5.33. The number of benzene rings is 1. The molecule has 1 aliphatic carbocycles. The van der Waals surface area contributed by atoms with Gasteiger partial charge in [-0.15, -0.1) is 0 Å². The van der Waals surface area contributed by atoms with Gasteiger partial charge in [0.25, 0.3) is 0 Å². The SMILES string of the molecule is CN(Cc1noc(C2CC2)n1)Cc1cn(C)nc1-c1ccccc1. The van der Waals surface area contributed by atoms with Crippen LogP contribution in [0.15, 0.2) is 41.1 Å². The van der Waals surface area contributed by atoms with E-state index in [1.165, 1.54) is 18.4 Å². The van der Waals surface area contributed by atoms with Gasteiger partial charge in [0.05, 0.1) is 12.2 Å². The molecule has 0 spiro atoms. The molecule has 124 valence electrons. The van der Waals surface area contributed by atoms with Crippen LogP contribution in [-0.2, 0) is 20.1 Å². The van der Waals surface area contributed by atoms with E-state index in [9.17, 15) is 0 Å². The third kappa shape index (κ3) is 3.23. The highest BCUT2D eigenvalue weighted by atomic mass is 16.5. The van der Waals surface area contributed by atoms with Gasteiger partial charge in [-0.2, -0.15) is 10.1 Å². The summed E-state index contributed by atoms with van der Waals surface area (Å²) in [4.78, 5) is 6.68. The Morgan fingerprint density at radius 3 is 2.75 bits per heavy atom. The molecule has 3 aromatic rings. The summed E-state index contributed by atoms with van der Waals surface area (Å²) < 4.78 is 7.20. The first-order chi connectivity index (χ1) is 11.7. The number of hydrogen-bond donors (Lipinski definition) is 0. The van der Waals surface area contributed by atoms with Crippen molar-refractivity contribution >= 4 is 0 Å². The van der Waals surface area contributed by atoms with Crippen LogP contribution in [-0.4, -0.2) is 31.9 Å². The monoisotopic (exact) mass is 323 g/mol. The van der Waals surface area contributed by atoms with Crippen LogP contribution in [0.3, 0.4) is 0 Å². The number of nitrogens with zero attached hydrogens (tertiary/aromatic N) is 5. The summed E-state index contributed by atoms with van der Waals surface area (Å²) in [6.07, 6.45) is 4.42. The molecule has 24 heavy (non-hydrogen) atoms. The van der Waals surface area contributed by atoms with Crippen molar-refractivity contribution in [2.45, 2.75) is 31.8 Å². The predicted molar refractivity (Wildman–Crippen MR) is 90.1 cm³/mol. The van der Waals surface area contributed by atoms with Crippen LogP contribution < -0.4 is 0 Å². The van der Waals surface area contributed by atoms with E-state index >= 15 is 0 Å². The van der Waals surface area contributed by atoms with Crippen molar-refractivity contribution in [2.75, 3.05) is 7.05 Å². The van der Waals surface area contributed by atoms with E-state index in [0.717, 1.165) is 29.5 Å². The Labute approximate surface area is 141 Å². The number of aromatic nitrogens is 4. The highest BCUT2D eigenvalue weighted by Crippen LogP contribution is 2.38. The molecule has 0 bridgehead atoms. The Morgan fingerprint density at radius 1 is 1.21 bits per heavy atom. The van der Waals surface area contributed by atoms with Crippen LogP contribution in [0.2, 0.25) is 0 Å². The summed E-state index contributed by atoms with van der Waals surface area (Å²) in [7, 11) is 4.02. The molecule has 0 N–H and O–H groups in total. The van der Waals surface area contributed by atoms with Crippen LogP contribution in [0.4, 0.5) is 0 Å². The molecule has 0 saturated heterocycles. The van der Waals surface area contributed by atoms with Crippen LogP contribution in [0, 0.1) is 0 Å². The minimum atomic E-state index is 0.500. The fraction of sp³-hybridized carbons (Fsp3) is 0.389. The molecule has 0 radical (unpaired) electrons. The highest BCUT2D eigenvalue weighted by molar-refractivity contribution is 5.62. The summed E-state index contributed by atoms with van der Waals surface area (Å²) in [5, 5.41) is 8.71. The smallest absolute Gasteiger partial charge is 0.229 e. The van der Waals surface area contributed by atoms with Crippen LogP contribution >= 0.6 is 0 Å². The zero-order chi connectivity index (χ0) is 16.5. The fourth-order valence-corrected chi connectivity index (χ4v) is 2.91. The van der Waals surface area contributed by atoms with Crippen molar-refractivity contribution in [2.24, 2.45) is 7.05 Å². The largest absolute Gasteiger partial charge is 0.339 e. The molecule has 6 nitrogen and oxygen atoms in total. The molecule has 1 aliphatic rings. The van der Waals surface area contributed by atoms with Gasteiger partial charge >= 0.3 is 0 Å². The molecule has 0 aliphatic heterocycles. The van der Waals surface area contributed by atoms with E-state index < -0.39 is 0 Å². The van der Waals surface area contributed by atoms with E-state index in [1.807, 2.05) is 29.9 Å². The van der Waals surface area contributed by atoms with Crippen LogP contribution in [0.5, 0.6) is 0 Å². The van der Waals surface area contributed by atoms with Gasteiger partial charge in [-0.1, -0.05) is 35.5 Å². The second kappa shape index (κ2) is 6.20. The summed E-state index contributed by atoms with van der Waals surface area (Å²) in [5.41, 5.74) is 3.35. The van der Waals surface area contributed by atoms with Crippen molar-refractivity contribution in [1.82, 2.24) is 24.8 Å². The van der Waals surface area contributed by atoms with Gasteiger partial charge in [-0.05, 0) is 19.9 Å². The van der Waals surface area contributed by atoms with Gasteiger partial charge in [0, 0.05) is 36.8 Å². The molecule has 1 saturated carbocycles. The summed E-state index contributed by atoms with van der Waals surface area (Å²) in [5.74, 6) is 2.05. The molecular formula is C18H21N5O. The van der Waals surface area contributed by atoms with Gasteiger partial charge in [0.2, 0.25) is 5.89 Å². The lowest BCUT2D eigenvalue weighted by molar-refractivity contribution is 0.300. The first-order valence-corrected chi connectivity index (χ1v) is 8.28.